The first-order chi connectivity index (χ1) is 6.50. The van der Waals surface area contributed by atoms with Gasteiger partial charge in [0.2, 0.25) is 0 Å². The first-order valence-corrected chi connectivity index (χ1v) is 5.39. The minimum absolute atomic E-state index is 0. The Morgan fingerprint density at radius 2 is 0.444 bits per heavy atom. The van der Waals surface area contributed by atoms with Gasteiger partial charge in [-0.2, -0.15) is 0 Å². The molecule has 0 spiro atoms. The molecule has 0 radical (unpaired) electrons. The van der Waals surface area contributed by atoms with Crippen molar-refractivity contribution in [1.82, 2.24) is 0 Å². The van der Waals surface area contributed by atoms with Crippen LogP contribution < -0.4 is 0 Å². The fraction of sp³-hybridized carbons (Fsp3) is 1.00. The Morgan fingerprint density at radius 1 is 0.389 bits per heavy atom. The van der Waals surface area contributed by atoms with E-state index >= 15 is 0 Å². The molecule has 0 saturated carbocycles. The van der Waals surface area contributed by atoms with Gasteiger partial charge in [0.1, 0.15) is 0 Å². The van der Waals surface area contributed by atoms with Crippen molar-refractivity contribution in [2.24, 2.45) is 0 Å². The summed E-state index contributed by atoms with van der Waals surface area (Å²) in [6.45, 7) is 12.6. The van der Waals surface area contributed by atoms with Gasteiger partial charge in [-0.3, -0.25) is 0 Å². The summed E-state index contributed by atoms with van der Waals surface area (Å²) in [6, 6.07) is 0. The van der Waals surface area contributed by atoms with Crippen LogP contribution in [0.2, 0.25) is 0 Å². The zero-order valence-electron chi connectivity index (χ0n) is 12.8. The molecule has 0 bridgehead atoms. The zero-order valence-corrected chi connectivity index (χ0v) is 21.1. The molecule has 6 heteroatoms. The van der Waals surface area contributed by atoms with Crippen LogP contribution in [0, 0.1) is 62.2 Å². The molecule has 0 aliphatic rings. The predicted octanol–water partition coefficient (Wildman–Crippen LogP) is 1.06. The summed E-state index contributed by atoms with van der Waals surface area (Å²) < 4.78 is 0. The summed E-state index contributed by atoms with van der Waals surface area (Å²) in [4.78, 5) is 0. The van der Waals surface area contributed by atoms with Gasteiger partial charge in [-0.25, -0.2) is 0 Å². The predicted molar refractivity (Wildman–Crippen MR) is 65.2 cm³/mol. The first-order valence-electron chi connectivity index (χ1n) is 5.39. The van der Waals surface area contributed by atoms with Crippen molar-refractivity contribution in [3.05, 3.63) is 0 Å². The summed E-state index contributed by atoms with van der Waals surface area (Å²) in [7, 11) is 0. The minimum Gasteiger partial charge on any atom is -0.387 e. The molecule has 0 aromatic carbocycles. The molecule has 18 heavy (non-hydrogen) atoms. The van der Waals surface area contributed by atoms with E-state index in [4.69, 9.17) is 20.4 Å². The Balaban J connectivity index is -0.0000000980. The van der Waals surface area contributed by atoms with Crippen LogP contribution in [0.5, 0.6) is 0 Å². The van der Waals surface area contributed by atoms with Crippen LogP contribution in [0.4, 0.5) is 0 Å². The van der Waals surface area contributed by atoms with Crippen LogP contribution >= 0.6 is 0 Å². The molecule has 0 heterocycles. The van der Waals surface area contributed by atoms with Crippen molar-refractivity contribution in [2.75, 3.05) is 0 Å². The van der Waals surface area contributed by atoms with E-state index < -0.39 is 22.4 Å². The van der Waals surface area contributed by atoms with Crippen molar-refractivity contribution >= 4 is 0 Å². The van der Waals surface area contributed by atoms with Crippen molar-refractivity contribution in [1.29, 1.82) is 0 Å². The normalized spacial score (nSPS) is 12.7. The molecule has 0 rings (SSSR count). The van der Waals surface area contributed by atoms with Crippen LogP contribution in [0.15, 0.2) is 0 Å². The van der Waals surface area contributed by atoms with E-state index in [1.807, 2.05) is 0 Å². The molecular weight excluding hydrogens is 684 g/mol. The first kappa shape index (κ1) is 28.2. The number of aliphatic hydroxyl groups is 4. The van der Waals surface area contributed by atoms with E-state index in [9.17, 15) is 0 Å². The molecule has 0 unspecified atom stereocenters. The van der Waals surface area contributed by atoms with Crippen molar-refractivity contribution < 1.29 is 82.7 Å². The average molecular weight is 712 g/mol. The van der Waals surface area contributed by atoms with Crippen LogP contribution in [0.25, 0.3) is 0 Å². The third kappa shape index (κ3) is 13.0. The van der Waals surface area contributed by atoms with Crippen molar-refractivity contribution in [3.63, 3.8) is 0 Å². The van der Waals surface area contributed by atoms with Crippen molar-refractivity contribution in [3.8, 4) is 0 Å². The largest absolute Gasteiger partial charge is 0.387 e. The van der Waals surface area contributed by atoms with Crippen LogP contribution in [-0.4, -0.2) is 42.8 Å². The van der Waals surface area contributed by atoms with Gasteiger partial charge >= 0.3 is 0 Å². The summed E-state index contributed by atoms with van der Waals surface area (Å²) in [5.41, 5.74) is -4.03. The van der Waals surface area contributed by atoms with Gasteiger partial charge in [0, 0.05) is 62.2 Å². The maximum atomic E-state index is 9.10. The summed E-state index contributed by atoms with van der Waals surface area (Å²) in [6.07, 6.45) is 0. The summed E-state index contributed by atoms with van der Waals surface area (Å²) >= 11 is 0. The SMILES string of the molecule is CC(C)(O)C(C)(C)O.CC(C)(O)C(C)(C)O.[U].[U]. The Labute approximate surface area is 159 Å². The fourth-order valence-corrected chi connectivity index (χ4v) is 0. The second-order valence-corrected chi connectivity index (χ2v) is 6.24. The third-order valence-corrected chi connectivity index (χ3v) is 2.99. The van der Waals surface area contributed by atoms with E-state index in [1.54, 1.807) is 55.4 Å². The van der Waals surface area contributed by atoms with E-state index in [-0.39, 0.29) is 62.2 Å². The number of hydrogen-bond acceptors (Lipinski definition) is 4. The molecular formula is C12H28O4U2. The summed E-state index contributed by atoms with van der Waals surface area (Å²) in [5.74, 6) is 0. The molecule has 0 saturated heterocycles. The van der Waals surface area contributed by atoms with Gasteiger partial charge in [0.15, 0.2) is 0 Å². The van der Waals surface area contributed by atoms with Gasteiger partial charge in [-0.05, 0) is 55.4 Å². The second kappa shape index (κ2) is 9.06. The standard InChI is InChI=1S/2C6H14O2.2U/c2*1-5(2,7)6(3,4)8;;/h2*7-8H,1-4H3;;. The summed E-state index contributed by atoms with van der Waals surface area (Å²) in [5, 5.41) is 36.4. The Bertz CT molecular complexity index is 156. The minimum atomic E-state index is -1.01. The Hall–Kier alpha value is 1.94. The van der Waals surface area contributed by atoms with E-state index in [0.29, 0.717) is 0 Å². The molecule has 0 aromatic rings. The Morgan fingerprint density at radius 3 is 0.444 bits per heavy atom. The molecule has 0 atom stereocenters. The molecule has 0 fully saturated rings. The molecule has 4 N–H and O–H groups in total. The molecule has 0 aliphatic carbocycles. The van der Waals surface area contributed by atoms with Crippen LogP contribution in [0.3, 0.4) is 0 Å². The van der Waals surface area contributed by atoms with Crippen LogP contribution in [-0.2, 0) is 0 Å². The van der Waals surface area contributed by atoms with E-state index in [0.717, 1.165) is 0 Å². The van der Waals surface area contributed by atoms with E-state index in [2.05, 4.69) is 0 Å². The van der Waals surface area contributed by atoms with Crippen LogP contribution in [0.1, 0.15) is 55.4 Å². The topological polar surface area (TPSA) is 80.9 Å². The van der Waals surface area contributed by atoms with Gasteiger partial charge in [-0.15, -0.1) is 0 Å². The van der Waals surface area contributed by atoms with Crippen molar-refractivity contribution in [2.45, 2.75) is 77.8 Å². The van der Waals surface area contributed by atoms with Gasteiger partial charge in [-0.1, -0.05) is 0 Å². The monoisotopic (exact) mass is 712 g/mol. The molecule has 4 nitrogen and oxygen atoms in total. The van der Waals surface area contributed by atoms with Gasteiger partial charge in [0.05, 0.1) is 22.4 Å². The molecule has 0 aromatic heterocycles. The third-order valence-electron chi connectivity index (χ3n) is 2.99. The number of rotatable bonds is 2. The average Bonchev–Trinajstić information content (AvgIpc) is 1.77. The zero-order chi connectivity index (χ0) is 14.0. The number of hydrogen-bond donors (Lipinski definition) is 4. The van der Waals surface area contributed by atoms with Gasteiger partial charge < -0.3 is 20.4 Å². The fourth-order valence-electron chi connectivity index (χ4n) is 0. The molecule has 0 aliphatic heterocycles. The second-order valence-electron chi connectivity index (χ2n) is 6.24. The Kier molecular flexibility index (Phi) is 14.2. The van der Waals surface area contributed by atoms with Gasteiger partial charge in [0.25, 0.3) is 0 Å². The quantitative estimate of drug-likeness (QED) is 0.346. The molecule has 108 valence electrons. The smallest absolute Gasteiger partial charge is 0.0872 e. The van der Waals surface area contributed by atoms with E-state index in [1.165, 1.54) is 0 Å². The maximum absolute atomic E-state index is 9.10. The molecule has 0 amide bonds. The maximum Gasteiger partial charge on any atom is 0.0872 e.